The molecule has 0 radical (unpaired) electrons. The Morgan fingerprint density at radius 2 is 2.00 bits per heavy atom. The van der Waals surface area contributed by atoms with Crippen LogP contribution >= 0.6 is 0 Å². The summed E-state index contributed by atoms with van der Waals surface area (Å²) in [6, 6.07) is 4.02. The smallest absolute Gasteiger partial charge is 0.325 e. The lowest BCUT2D eigenvalue weighted by Gasteiger charge is -2.20. The number of nitro benzene ring substituents is 1. The van der Waals surface area contributed by atoms with Crippen molar-refractivity contribution in [3.05, 3.63) is 39.4 Å². The van der Waals surface area contributed by atoms with E-state index in [2.05, 4.69) is 0 Å². The first kappa shape index (κ1) is 16.6. The van der Waals surface area contributed by atoms with E-state index in [-0.39, 0.29) is 24.7 Å². The zero-order chi connectivity index (χ0) is 16.0. The average Bonchev–Trinajstić information content (AvgIpc) is 2.44. The van der Waals surface area contributed by atoms with Crippen molar-refractivity contribution in [2.45, 2.75) is 20.8 Å². The second-order valence-electron chi connectivity index (χ2n) is 4.38. The summed E-state index contributed by atoms with van der Waals surface area (Å²) in [5.74, 6) is -0.829. The first-order valence-corrected chi connectivity index (χ1v) is 6.60. The molecular weight excluding hydrogens is 276 g/mol. The van der Waals surface area contributed by atoms with E-state index in [0.717, 1.165) is 0 Å². The fourth-order valence-electron chi connectivity index (χ4n) is 1.86. The van der Waals surface area contributed by atoms with Crippen LogP contribution in [-0.2, 0) is 9.53 Å². The molecule has 7 heteroatoms. The van der Waals surface area contributed by atoms with Gasteiger partial charge in [0.1, 0.15) is 6.54 Å². The Morgan fingerprint density at radius 1 is 1.33 bits per heavy atom. The summed E-state index contributed by atoms with van der Waals surface area (Å²) in [5.41, 5.74) is 0.765. The first-order valence-electron chi connectivity index (χ1n) is 6.60. The lowest BCUT2D eigenvalue weighted by Crippen LogP contribution is -2.36. The van der Waals surface area contributed by atoms with Crippen LogP contribution in [0, 0.1) is 17.0 Å². The van der Waals surface area contributed by atoms with Crippen LogP contribution in [0.1, 0.15) is 29.8 Å². The number of nitro groups is 1. The van der Waals surface area contributed by atoms with Crippen LogP contribution in [0.4, 0.5) is 5.69 Å². The van der Waals surface area contributed by atoms with Gasteiger partial charge in [-0.1, -0.05) is 0 Å². The molecule has 0 heterocycles. The molecule has 0 aliphatic rings. The highest BCUT2D eigenvalue weighted by molar-refractivity contribution is 5.97. The maximum Gasteiger partial charge on any atom is 0.325 e. The molecule has 0 spiro atoms. The Labute approximate surface area is 122 Å². The molecule has 1 aromatic rings. The van der Waals surface area contributed by atoms with Gasteiger partial charge in [-0.15, -0.1) is 0 Å². The molecule has 114 valence electrons. The molecule has 21 heavy (non-hydrogen) atoms. The number of hydrogen-bond acceptors (Lipinski definition) is 5. The van der Waals surface area contributed by atoms with E-state index >= 15 is 0 Å². The van der Waals surface area contributed by atoms with Gasteiger partial charge in [-0.25, -0.2) is 0 Å². The number of aryl methyl sites for hydroxylation is 1. The van der Waals surface area contributed by atoms with Crippen LogP contribution in [0.3, 0.4) is 0 Å². The van der Waals surface area contributed by atoms with Gasteiger partial charge in [0.2, 0.25) is 0 Å². The monoisotopic (exact) mass is 294 g/mol. The van der Waals surface area contributed by atoms with Gasteiger partial charge in [0.25, 0.3) is 11.6 Å². The number of rotatable bonds is 6. The number of amides is 1. The lowest BCUT2D eigenvalue weighted by molar-refractivity contribution is -0.384. The van der Waals surface area contributed by atoms with Crippen molar-refractivity contribution in [2.75, 3.05) is 19.7 Å². The van der Waals surface area contributed by atoms with Gasteiger partial charge in [0.15, 0.2) is 0 Å². The largest absolute Gasteiger partial charge is 0.465 e. The second-order valence-corrected chi connectivity index (χ2v) is 4.38. The molecule has 0 fully saturated rings. The third kappa shape index (κ3) is 4.27. The lowest BCUT2D eigenvalue weighted by atomic mass is 10.1. The average molecular weight is 294 g/mol. The predicted octanol–water partition coefficient (Wildman–Crippen LogP) is 1.93. The van der Waals surface area contributed by atoms with Crippen LogP contribution in [-0.4, -0.2) is 41.4 Å². The normalized spacial score (nSPS) is 10.0. The summed E-state index contributed by atoms with van der Waals surface area (Å²) in [6.45, 7) is 5.52. The number of carbonyl (C=O) groups excluding carboxylic acids is 2. The summed E-state index contributed by atoms with van der Waals surface area (Å²) in [7, 11) is 0. The fourth-order valence-corrected chi connectivity index (χ4v) is 1.86. The minimum atomic E-state index is -0.516. The van der Waals surface area contributed by atoms with E-state index in [4.69, 9.17) is 4.74 Å². The molecule has 0 unspecified atom stereocenters. The molecule has 1 amide bonds. The number of nitrogens with zero attached hydrogens (tertiary/aromatic N) is 2. The van der Waals surface area contributed by atoms with E-state index in [0.29, 0.717) is 17.7 Å². The number of non-ortho nitro benzene ring substituents is 1. The van der Waals surface area contributed by atoms with Crippen molar-refractivity contribution in [1.82, 2.24) is 4.90 Å². The van der Waals surface area contributed by atoms with Gasteiger partial charge in [-0.2, -0.15) is 0 Å². The van der Waals surface area contributed by atoms with Gasteiger partial charge in [0, 0.05) is 24.2 Å². The van der Waals surface area contributed by atoms with Crippen molar-refractivity contribution in [1.29, 1.82) is 0 Å². The van der Waals surface area contributed by atoms with Crippen LogP contribution in [0.2, 0.25) is 0 Å². The van der Waals surface area contributed by atoms with Crippen LogP contribution < -0.4 is 0 Å². The molecule has 0 saturated heterocycles. The van der Waals surface area contributed by atoms with E-state index in [1.54, 1.807) is 20.8 Å². The highest BCUT2D eigenvalue weighted by atomic mass is 16.6. The third-order valence-electron chi connectivity index (χ3n) is 2.95. The van der Waals surface area contributed by atoms with Crippen molar-refractivity contribution in [3.8, 4) is 0 Å². The molecule has 7 nitrogen and oxygen atoms in total. The summed E-state index contributed by atoms with van der Waals surface area (Å²) in [4.78, 5) is 35.4. The summed E-state index contributed by atoms with van der Waals surface area (Å²) < 4.78 is 4.82. The molecule has 0 aliphatic carbocycles. The predicted molar refractivity (Wildman–Crippen MR) is 76.0 cm³/mol. The SMILES string of the molecule is CCOC(=O)CN(CC)C(=O)c1ccc([N+](=O)[O-])cc1C. The topological polar surface area (TPSA) is 89.8 Å². The molecule has 1 rings (SSSR count). The minimum Gasteiger partial charge on any atom is -0.465 e. The van der Waals surface area contributed by atoms with Crippen LogP contribution in [0.5, 0.6) is 0 Å². The number of ether oxygens (including phenoxy) is 1. The van der Waals surface area contributed by atoms with Crippen molar-refractivity contribution < 1.29 is 19.2 Å². The fraction of sp³-hybridized carbons (Fsp3) is 0.429. The second kappa shape index (κ2) is 7.37. The Morgan fingerprint density at radius 3 is 2.48 bits per heavy atom. The van der Waals surface area contributed by atoms with Gasteiger partial charge in [-0.3, -0.25) is 19.7 Å². The Hall–Kier alpha value is -2.44. The number of esters is 1. The minimum absolute atomic E-state index is 0.0718. The summed E-state index contributed by atoms with van der Waals surface area (Å²) in [5, 5.41) is 10.7. The van der Waals surface area contributed by atoms with E-state index < -0.39 is 10.9 Å². The highest BCUT2D eigenvalue weighted by Crippen LogP contribution is 2.18. The van der Waals surface area contributed by atoms with Crippen molar-refractivity contribution in [2.24, 2.45) is 0 Å². The maximum atomic E-state index is 12.4. The number of likely N-dealkylation sites (N-methyl/N-ethyl adjacent to an activating group) is 1. The standard InChI is InChI=1S/C14H18N2O5/c1-4-15(9-13(17)21-5-2)14(18)12-7-6-11(16(19)20)8-10(12)3/h6-8H,4-5,9H2,1-3H3. The summed E-state index contributed by atoms with van der Waals surface area (Å²) >= 11 is 0. The zero-order valence-corrected chi connectivity index (χ0v) is 12.3. The van der Waals surface area contributed by atoms with Crippen LogP contribution in [0.15, 0.2) is 18.2 Å². The van der Waals surface area contributed by atoms with Crippen molar-refractivity contribution in [3.63, 3.8) is 0 Å². The highest BCUT2D eigenvalue weighted by Gasteiger charge is 2.20. The number of hydrogen-bond donors (Lipinski definition) is 0. The third-order valence-corrected chi connectivity index (χ3v) is 2.95. The molecule has 1 aromatic carbocycles. The van der Waals surface area contributed by atoms with Gasteiger partial charge < -0.3 is 9.64 Å². The number of benzene rings is 1. The van der Waals surface area contributed by atoms with Crippen LogP contribution in [0.25, 0.3) is 0 Å². The Bertz CT molecular complexity index is 556. The molecular formula is C14H18N2O5. The number of carbonyl (C=O) groups is 2. The van der Waals surface area contributed by atoms with Gasteiger partial charge >= 0.3 is 5.97 Å². The van der Waals surface area contributed by atoms with E-state index in [1.165, 1.54) is 23.1 Å². The van der Waals surface area contributed by atoms with Gasteiger partial charge in [0.05, 0.1) is 11.5 Å². The molecule has 0 saturated carbocycles. The van der Waals surface area contributed by atoms with Crippen molar-refractivity contribution >= 4 is 17.6 Å². The maximum absolute atomic E-state index is 12.4. The summed E-state index contributed by atoms with van der Waals surface area (Å²) in [6.07, 6.45) is 0. The molecule has 0 atom stereocenters. The Balaban J connectivity index is 2.95. The first-order chi connectivity index (χ1) is 9.90. The zero-order valence-electron chi connectivity index (χ0n) is 12.3. The molecule has 0 bridgehead atoms. The van der Waals surface area contributed by atoms with E-state index in [9.17, 15) is 19.7 Å². The molecule has 0 aliphatic heterocycles. The van der Waals surface area contributed by atoms with E-state index in [1.807, 2.05) is 0 Å². The molecule has 0 N–H and O–H groups in total. The Kier molecular flexibility index (Phi) is 5.83. The molecule has 0 aromatic heterocycles. The van der Waals surface area contributed by atoms with Gasteiger partial charge in [-0.05, 0) is 32.4 Å². The quantitative estimate of drug-likeness (QED) is 0.454.